The molecule has 0 radical (unpaired) electrons. The highest BCUT2D eigenvalue weighted by Gasteiger charge is 2.32. The molecule has 0 saturated carbocycles. The highest BCUT2D eigenvalue weighted by atomic mass is 16.5. The molecular formula is C18H25N3O4. The molecule has 1 unspecified atom stereocenters. The molecule has 1 aromatic carbocycles. The summed E-state index contributed by atoms with van der Waals surface area (Å²) < 4.78 is 10.8. The summed E-state index contributed by atoms with van der Waals surface area (Å²) in [7, 11) is 1.58. The third kappa shape index (κ3) is 4.29. The molecule has 0 bridgehead atoms. The van der Waals surface area contributed by atoms with Gasteiger partial charge in [0.15, 0.2) is 0 Å². The number of ether oxygens (including phenoxy) is 2. The van der Waals surface area contributed by atoms with Crippen LogP contribution in [0.2, 0.25) is 0 Å². The van der Waals surface area contributed by atoms with Crippen molar-refractivity contribution in [3.05, 3.63) is 24.3 Å². The fraction of sp³-hybridized carbons (Fsp3) is 0.556. The molecule has 7 heteroatoms. The van der Waals surface area contributed by atoms with Crippen LogP contribution in [0.25, 0.3) is 0 Å². The van der Waals surface area contributed by atoms with Crippen molar-refractivity contribution in [1.82, 2.24) is 10.2 Å². The Bertz CT molecular complexity index is 608. The fourth-order valence-corrected chi connectivity index (χ4v) is 3.27. The number of carbonyl (C=O) groups is 2. The van der Waals surface area contributed by atoms with Crippen LogP contribution in [0.5, 0.6) is 5.75 Å². The number of piperidine rings is 1. The zero-order valence-corrected chi connectivity index (χ0v) is 14.5. The van der Waals surface area contributed by atoms with Crippen molar-refractivity contribution >= 4 is 17.5 Å². The minimum absolute atomic E-state index is 0.0211. The zero-order valence-electron chi connectivity index (χ0n) is 14.5. The molecule has 2 aliphatic heterocycles. The predicted molar refractivity (Wildman–Crippen MR) is 93.5 cm³/mol. The molecule has 25 heavy (non-hydrogen) atoms. The average molecular weight is 347 g/mol. The maximum Gasteiger partial charge on any atom is 0.253 e. The third-order valence-corrected chi connectivity index (χ3v) is 4.75. The Hall–Kier alpha value is -2.12. The Balaban J connectivity index is 1.51. The molecule has 2 heterocycles. The summed E-state index contributed by atoms with van der Waals surface area (Å²) in [5, 5.41) is 6.11. The highest BCUT2D eigenvalue weighted by Crippen LogP contribution is 2.26. The van der Waals surface area contributed by atoms with Crippen LogP contribution in [0.4, 0.5) is 5.69 Å². The number of likely N-dealkylation sites (tertiary alicyclic amines) is 1. The minimum Gasteiger partial charge on any atom is -0.495 e. The van der Waals surface area contributed by atoms with Crippen molar-refractivity contribution in [2.24, 2.45) is 5.92 Å². The zero-order chi connectivity index (χ0) is 17.6. The first-order valence-electron chi connectivity index (χ1n) is 8.74. The van der Waals surface area contributed by atoms with Gasteiger partial charge >= 0.3 is 0 Å². The quantitative estimate of drug-likeness (QED) is 0.845. The van der Waals surface area contributed by atoms with E-state index in [9.17, 15) is 9.59 Å². The topological polar surface area (TPSA) is 79.9 Å². The lowest BCUT2D eigenvalue weighted by molar-refractivity contribution is -0.147. The van der Waals surface area contributed by atoms with Crippen LogP contribution in [-0.2, 0) is 14.3 Å². The van der Waals surface area contributed by atoms with E-state index in [1.807, 2.05) is 29.2 Å². The second-order valence-corrected chi connectivity index (χ2v) is 6.35. The van der Waals surface area contributed by atoms with Crippen LogP contribution in [0.3, 0.4) is 0 Å². The number of morpholine rings is 1. The van der Waals surface area contributed by atoms with E-state index in [0.717, 1.165) is 6.54 Å². The number of hydrogen-bond donors (Lipinski definition) is 2. The Kier molecular flexibility index (Phi) is 5.88. The SMILES string of the molecule is COc1ccccc1NC(=O)C1CCN(C(=O)C2CNCCO2)CC1. The lowest BCUT2D eigenvalue weighted by atomic mass is 9.95. The first-order chi connectivity index (χ1) is 12.2. The maximum absolute atomic E-state index is 12.5. The molecule has 2 aliphatic rings. The molecular weight excluding hydrogens is 322 g/mol. The van der Waals surface area contributed by atoms with Gasteiger partial charge in [-0.1, -0.05) is 12.1 Å². The Morgan fingerprint density at radius 3 is 2.72 bits per heavy atom. The molecule has 0 aromatic heterocycles. The average Bonchev–Trinajstić information content (AvgIpc) is 2.68. The van der Waals surface area contributed by atoms with Crippen molar-refractivity contribution in [2.45, 2.75) is 18.9 Å². The molecule has 2 saturated heterocycles. The molecule has 1 aromatic rings. The summed E-state index contributed by atoms with van der Waals surface area (Å²) in [6.45, 7) is 3.08. The molecule has 7 nitrogen and oxygen atoms in total. The van der Waals surface area contributed by atoms with E-state index in [-0.39, 0.29) is 17.7 Å². The van der Waals surface area contributed by atoms with E-state index in [1.54, 1.807) is 7.11 Å². The molecule has 1 atom stereocenters. The monoisotopic (exact) mass is 347 g/mol. The molecule has 2 fully saturated rings. The summed E-state index contributed by atoms with van der Waals surface area (Å²) >= 11 is 0. The summed E-state index contributed by atoms with van der Waals surface area (Å²) in [4.78, 5) is 26.8. The van der Waals surface area contributed by atoms with E-state index in [4.69, 9.17) is 9.47 Å². The second kappa shape index (κ2) is 8.31. The van der Waals surface area contributed by atoms with Gasteiger partial charge in [0.1, 0.15) is 11.9 Å². The smallest absolute Gasteiger partial charge is 0.253 e. The molecule has 0 spiro atoms. The minimum atomic E-state index is -0.396. The number of nitrogens with zero attached hydrogens (tertiary/aromatic N) is 1. The van der Waals surface area contributed by atoms with Gasteiger partial charge in [-0.25, -0.2) is 0 Å². The first-order valence-corrected chi connectivity index (χ1v) is 8.74. The summed E-state index contributed by atoms with van der Waals surface area (Å²) in [6, 6.07) is 7.36. The van der Waals surface area contributed by atoms with Crippen molar-refractivity contribution in [1.29, 1.82) is 0 Å². The highest BCUT2D eigenvalue weighted by molar-refractivity contribution is 5.94. The van der Waals surface area contributed by atoms with Crippen LogP contribution in [0.1, 0.15) is 12.8 Å². The van der Waals surface area contributed by atoms with Crippen LogP contribution in [-0.4, -0.2) is 62.7 Å². The summed E-state index contributed by atoms with van der Waals surface area (Å²) in [6.07, 6.45) is 0.924. The lowest BCUT2D eigenvalue weighted by Gasteiger charge is -2.34. The van der Waals surface area contributed by atoms with Crippen molar-refractivity contribution in [3.8, 4) is 5.75 Å². The van der Waals surface area contributed by atoms with Crippen molar-refractivity contribution in [3.63, 3.8) is 0 Å². The number of methoxy groups -OCH3 is 1. The number of benzene rings is 1. The van der Waals surface area contributed by atoms with Gasteiger partial charge in [0, 0.05) is 32.1 Å². The molecule has 2 amide bonds. The number of anilines is 1. The maximum atomic E-state index is 12.5. The van der Waals surface area contributed by atoms with Crippen LogP contribution < -0.4 is 15.4 Å². The van der Waals surface area contributed by atoms with Gasteiger partial charge in [-0.15, -0.1) is 0 Å². The van der Waals surface area contributed by atoms with Gasteiger partial charge in [-0.05, 0) is 25.0 Å². The Labute approximate surface area is 147 Å². The Morgan fingerprint density at radius 1 is 1.28 bits per heavy atom. The fourth-order valence-electron chi connectivity index (χ4n) is 3.27. The van der Waals surface area contributed by atoms with Crippen LogP contribution in [0.15, 0.2) is 24.3 Å². The van der Waals surface area contributed by atoms with Gasteiger partial charge in [-0.3, -0.25) is 9.59 Å². The van der Waals surface area contributed by atoms with Gasteiger partial charge in [0.2, 0.25) is 5.91 Å². The Morgan fingerprint density at radius 2 is 2.04 bits per heavy atom. The first kappa shape index (κ1) is 17.7. The number of hydrogen-bond acceptors (Lipinski definition) is 5. The van der Waals surface area contributed by atoms with Gasteiger partial charge < -0.3 is 25.0 Å². The van der Waals surface area contributed by atoms with Crippen molar-refractivity contribution < 1.29 is 19.1 Å². The third-order valence-electron chi connectivity index (χ3n) is 4.75. The largest absolute Gasteiger partial charge is 0.495 e. The number of nitrogens with one attached hydrogen (secondary N) is 2. The standard InChI is InChI=1S/C18H25N3O4/c1-24-15-5-3-2-4-14(15)20-17(22)13-6-9-21(10-7-13)18(23)16-12-19-8-11-25-16/h2-5,13,16,19H,6-12H2,1H3,(H,20,22). The van der Waals surface area contributed by atoms with E-state index < -0.39 is 6.10 Å². The summed E-state index contributed by atoms with van der Waals surface area (Å²) in [5.74, 6) is 0.549. The lowest BCUT2D eigenvalue weighted by Crippen LogP contribution is -2.51. The van der Waals surface area contributed by atoms with Gasteiger partial charge in [0.25, 0.3) is 5.91 Å². The van der Waals surface area contributed by atoms with Crippen molar-refractivity contribution in [2.75, 3.05) is 45.2 Å². The summed E-state index contributed by atoms with van der Waals surface area (Å²) in [5.41, 5.74) is 0.676. The van der Waals surface area contributed by atoms with E-state index in [1.165, 1.54) is 0 Å². The van der Waals surface area contributed by atoms with Crippen LogP contribution >= 0.6 is 0 Å². The number of amides is 2. The van der Waals surface area contributed by atoms with Gasteiger partial charge in [-0.2, -0.15) is 0 Å². The van der Waals surface area contributed by atoms with E-state index >= 15 is 0 Å². The molecule has 0 aliphatic carbocycles. The predicted octanol–water partition coefficient (Wildman–Crippen LogP) is 0.861. The second-order valence-electron chi connectivity index (χ2n) is 6.35. The van der Waals surface area contributed by atoms with E-state index in [0.29, 0.717) is 50.5 Å². The molecule has 3 rings (SSSR count). The number of para-hydroxylation sites is 2. The van der Waals surface area contributed by atoms with Gasteiger partial charge in [0.05, 0.1) is 19.4 Å². The number of rotatable bonds is 4. The number of carbonyl (C=O) groups excluding carboxylic acids is 2. The van der Waals surface area contributed by atoms with E-state index in [2.05, 4.69) is 10.6 Å². The normalized spacial score (nSPS) is 21.6. The van der Waals surface area contributed by atoms with Crippen LogP contribution in [0, 0.1) is 5.92 Å². The molecule has 136 valence electrons. The molecule has 2 N–H and O–H groups in total.